The van der Waals surface area contributed by atoms with E-state index in [4.69, 9.17) is 19.8 Å². The van der Waals surface area contributed by atoms with Gasteiger partial charge < -0.3 is 46.8 Å². The lowest BCUT2D eigenvalue weighted by atomic mass is 10.0. The number of carbonyl (C=O) groups is 5. The van der Waals surface area contributed by atoms with E-state index in [0.717, 1.165) is 24.0 Å². The van der Waals surface area contributed by atoms with Crippen LogP contribution in [0.25, 0.3) is 0 Å². The van der Waals surface area contributed by atoms with Gasteiger partial charge in [-0.25, -0.2) is 0 Å². The fourth-order valence-electron chi connectivity index (χ4n) is 6.05. The third-order valence-corrected chi connectivity index (χ3v) is 9.51. The zero-order chi connectivity index (χ0) is 46.8. The molecule has 0 bridgehead atoms. The maximum absolute atomic E-state index is 13.3. The predicted octanol–water partition coefficient (Wildman–Crippen LogP) is 3.61. The minimum atomic E-state index is -5.19. The van der Waals surface area contributed by atoms with Gasteiger partial charge in [0.2, 0.25) is 5.91 Å². The van der Waals surface area contributed by atoms with Gasteiger partial charge in [-0.1, -0.05) is 145 Å². The van der Waals surface area contributed by atoms with Crippen molar-refractivity contribution in [2.45, 2.75) is 147 Å². The second-order valence-electron chi connectivity index (χ2n) is 15.0. The third kappa shape index (κ3) is 31.2. The number of nitrogens with one attached hydrogen (secondary N) is 2. The summed E-state index contributed by atoms with van der Waals surface area (Å²) in [5.41, 5.74) is 10.3. The second-order valence-corrected chi connectivity index (χ2v) is 15.0. The van der Waals surface area contributed by atoms with E-state index in [1.54, 1.807) is 0 Å². The summed E-state index contributed by atoms with van der Waals surface area (Å²) >= 11 is 0. The number of aliphatic carboxylic acids is 2. The van der Waals surface area contributed by atoms with Gasteiger partial charge in [-0.05, 0) is 30.4 Å². The van der Waals surface area contributed by atoms with Crippen molar-refractivity contribution in [1.29, 1.82) is 0 Å². The molecule has 62 heavy (non-hydrogen) atoms. The number of amides is 3. The van der Waals surface area contributed by atoms with E-state index in [-0.39, 0.29) is 29.8 Å². The molecular weight excluding hydrogens is 825 g/mol. The maximum atomic E-state index is 13.3. The number of halogens is 6. The number of hydrogen-bond acceptors (Lipinski definition) is 7. The maximum Gasteiger partial charge on any atom is 0.430 e. The molecular formula is C44H67F6N5O7. The summed E-state index contributed by atoms with van der Waals surface area (Å²) in [7, 11) is 0. The number of unbranched alkanes of at least 4 members (excludes halogenated alkanes) is 12. The third-order valence-electron chi connectivity index (χ3n) is 9.51. The number of carboxylic acids is 2. The molecule has 0 fully saturated rings. The molecule has 8 N–H and O–H groups in total. The lowest BCUT2D eigenvalue weighted by molar-refractivity contribution is -0.403. The number of carbonyl (C=O) groups excluding carboxylic acids is 5. The van der Waals surface area contributed by atoms with Gasteiger partial charge in [0.05, 0.1) is 0 Å². The van der Waals surface area contributed by atoms with Gasteiger partial charge in [0.15, 0.2) is 12.1 Å². The number of carboxylic acid groups (broad SMARTS) is 2. The molecule has 0 radical (unpaired) electrons. The first-order valence-corrected chi connectivity index (χ1v) is 21.4. The van der Waals surface area contributed by atoms with E-state index in [1.807, 2.05) is 65.6 Å². The molecule has 18 heteroatoms. The summed E-state index contributed by atoms with van der Waals surface area (Å²) in [6.45, 7) is 4.43. The average Bonchev–Trinajstić information content (AvgIpc) is 3.22. The van der Waals surface area contributed by atoms with Gasteiger partial charge in [0, 0.05) is 45.4 Å². The molecule has 0 saturated carbocycles. The second kappa shape index (κ2) is 33.9. The van der Waals surface area contributed by atoms with Gasteiger partial charge >= 0.3 is 12.4 Å². The molecule has 0 spiro atoms. The zero-order valence-corrected chi connectivity index (χ0v) is 36.0. The highest BCUT2D eigenvalue weighted by atomic mass is 19.4. The number of alkyl halides is 6. The number of nitrogens with zero attached hydrogens (tertiary/aromatic N) is 1. The van der Waals surface area contributed by atoms with E-state index in [1.165, 1.54) is 70.6 Å². The largest absolute Gasteiger partial charge is 0.542 e. The van der Waals surface area contributed by atoms with Crippen molar-refractivity contribution in [3.8, 4) is 0 Å². The molecule has 2 rings (SSSR count). The molecule has 2 aromatic rings. The van der Waals surface area contributed by atoms with Crippen LogP contribution in [0.2, 0.25) is 0 Å². The van der Waals surface area contributed by atoms with Crippen LogP contribution in [0.1, 0.15) is 121 Å². The quantitative estimate of drug-likeness (QED) is 0.0735. The molecule has 0 aromatic heterocycles. The van der Waals surface area contributed by atoms with Crippen LogP contribution < -0.4 is 32.3 Å². The van der Waals surface area contributed by atoms with Gasteiger partial charge in [0.25, 0.3) is 11.8 Å². The summed E-state index contributed by atoms with van der Waals surface area (Å²) in [5.74, 6) is -5.98. The Kier molecular flexibility index (Phi) is 31.3. The molecule has 2 aromatic carbocycles. The van der Waals surface area contributed by atoms with E-state index >= 15 is 0 Å². The van der Waals surface area contributed by atoms with Crippen molar-refractivity contribution in [1.82, 2.24) is 15.5 Å². The first kappa shape index (κ1) is 57.3. The van der Waals surface area contributed by atoms with Crippen LogP contribution in [-0.4, -0.2) is 85.2 Å². The fraction of sp³-hybridized carbons (Fsp3) is 0.614. The van der Waals surface area contributed by atoms with Crippen LogP contribution >= 0.6 is 0 Å². The minimum Gasteiger partial charge on any atom is -0.542 e. The Labute approximate surface area is 361 Å². The van der Waals surface area contributed by atoms with Crippen LogP contribution in [0.3, 0.4) is 0 Å². The normalized spacial score (nSPS) is 12.1. The smallest absolute Gasteiger partial charge is 0.430 e. The van der Waals surface area contributed by atoms with Crippen molar-refractivity contribution in [2.75, 3.05) is 26.2 Å². The molecule has 3 amide bonds. The van der Waals surface area contributed by atoms with E-state index in [2.05, 4.69) is 29.0 Å². The lowest BCUT2D eigenvalue weighted by Crippen LogP contribution is -2.68. The predicted molar refractivity (Wildman–Crippen MR) is 218 cm³/mol. The van der Waals surface area contributed by atoms with E-state index in [9.17, 15) is 40.7 Å². The Morgan fingerprint density at radius 2 is 0.855 bits per heavy atom. The van der Waals surface area contributed by atoms with E-state index in [0.29, 0.717) is 58.3 Å². The molecule has 0 aliphatic rings. The summed E-state index contributed by atoms with van der Waals surface area (Å²) in [5, 5.41) is 23.6. The van der Waals surface area contributed by atoms with Gasteiger partial charge in [-0.3, -0.25) is 14.4 Å². The Morgan fingerprint density at radius 3 is 1.16 bits per heavy atom. The lowest BCUT2D eigenvalue weighted by Gasteiger charge is -2.23. The van der Waals surface area contributed by atoms with Gasteiger partial charge in [-0.2, -0.15) is 26.3 Å². The highest BCUT2D eigenvalue weighted by Crippen LogP contribution is 2.15. The van der Waals surface area contributed by atoms with Crippen LogP contribution in [0.5, 0.6) is 0 Å². The average molecular weight is 892 g/mol. The highest BCUT2D eigenvalue weighted by Gasteiger charge is 2.29. The van der Waals surface area contributed by atoms with Crippen molar-refractivity contribution < 1.29 is 72.0 Å². The minimum absolute atomic E-state index is 0.0651. The zero-order valence-electron chi connectivity index (χ0n) is 36.0. The van der Waals surface area contributed by atoms with Crippen LogP contribution in [0.4, 0.5) is 26.3 Å². The number of rotatable bonds is 28. The van der Waals surface area contributed by atoms with Crippen molar-refractivity contribution >= 4 is 29.7 Å². The Balaban J connectivity index is 0.00000227. The Hall–Kier alpha value is -4.71. The monoisotopic (exact) mass is 891 g/mol. The summed E-state index contributed by atoms with van der Waals surface area (Å²) in [6, 6.07) is 19.1. The fourth-order valence-corrected chi connectivity index (χ4v) is 6.05. The van der Waals surface area contributed by atoms with Crippen LogP contribution in [-0.2, 0) is 36.8 Å². The molecule has 0 aliphatic heterocycles. The SMILES string of the molecule is CCCCCCCCCCCCCCCC(=O)N(CCCNC(=O)[C@@H]([NH3+])Cc1ccccc1)CCCNC(=O)[C@@H]([NH3+])Cc1ccccc1.O=C([O-])C(F)(F)F.O=C([O-])C(F)(F)F. The van der Waals surface area contributed by atoms with Crippen molar-refractivity contribution in [3.63, 3.8) is 0 Å². The van der Waals surface area contributed by atoms with E-state index < -0.39 is 24.3 Å². The number of benzene rings is 2. The van der Waals surface area contributed by atoms with Crippen molar-refractivity contribution in [2.24, 2.45) is 0 Å². The standard InChI is InChI=1S/C40H65N5O3.2C2HF3O2/c1-2-3-4-5-6-7-8-9-10-11-12-13-20-27-38(46)45(30-21-28-43-39(47)36(41)32-34-23-16-14-17-24-34)31-22-29-44-40(48)37(42)33-35-25-18-15-19-26-35;2*3-2(4,5)1(6)7/h14-19,23-26,36-37H,2-13,20-22,27-33,41-42H2,1H3,(H,43,47)(H,44,48);2*(H,6,7)/t36-,37-;;/m0../s1. The van der Waals surface area contributed by atoms with Crippen molar-refractivity contribution in [3.05, 3.63) is 71.8 Å². The highest BCUT2D eigenvalue weighted by molar-refractivity contribution is 5.81. The molecule has 12 nitrogen and oxygen atoms in total. The Bertz CT molecular complexity index is 1430. The molecule has 0 heterocycles. The molecule has 0 aliphatic carbocycles. The first-order valence-electron chi connectivity index (χ1n) is 21.4. The summed E-state index contributed by atoms with van der Waals surface area (Å²) in [4.78, 5) is 58.0. The number of quaternary nitrogens is 2. The van der Waals surface area contributed by atoms with Gasteiger partial charge in [-0.15, -0.1) is 0 Å². The topological polar surface area (TPSA) is 214 Å². The summed E-state index contributed by atoms with van der Waals surface area (Å²) in [6.07, 6.45) is 9.33. The van der Waals surface area contributed by atoms with Crippen LogP contribution in [0, 0.1) is 0 Å². The molecule has 0 unspecified atom stereocenters. The molecule has 2 atom stereocenters. The molecule has 352 valence electrons. The number of hydrogen-bond donors (Lipinski definition) is 4. The summed E-state index contributed by atoms with van der Waals surface area (Å²) < 4.78 is 63.1. The Morgan fingerprint density at radius 1 is 0.548 bits per heavy atom. The van der Waals surface area contributed by atoms with Crippen LogP contribution in [0.15, 0.2) is 60.7 Å². The first-order chi connectivity index (χ1) is 29.3. The van der Waals surface area contributed by atoms with Gasteiger partial charge in [0.1, 0.15) is 11.9 Å². The molecule has 0 saturated heterocycles.